The van der Waals surface area contributed by atoms with E-state index in [-0.39, 0.29) is 4.90 Å². The topological polar surface area (TPSA) is 73.8 Å². The molecule has 1 spiro atoms. The minimum atomic E-state index is -3.39. The van der Waals surface area contributed by atoms with E-state index in [9.17, 15) is 8.42 Å². The molecule has 0 aromatic heterocycles. The van der Waals surface area contributed by atoms with Crippen molar-refractivity contribution in [1.82, 2.24) is 14.9 Å². The fourth-order valence-electron chi connectivity index (χ4n) is 4.31. The highest BCUT2D eigenvalue weighted by Gasteiger charge is 2.39. The molecular weight excluding hydrogens is 360 g/mol. The average Bonchev–Trinajstić information content (AvgIpc) is 3.09. The Morgan fingerprint density at radius 1 is 1.15 bits per heavy atom. The molecular formula is C20H32N4O2S. The molecule has 2 N–H and O–H groups in total. The smallest absolute Gasteiger partial charge is 0.240 e. The molecule has 0 amide bonds. The molecule has 1 heterocycles. The van der Waals surface area contributed by atoms with E-state index in [1.54, 1.807) is 12.1 Å². The predicted molar refractivity (Wildman–Crippen MR) is 109 cm³/mol. The maximum atomic E-state index is 11.8. The van der Waals surface area contributed by atoms with Crippen molar-refractivity contribution >= 4 is 16.0 Å². The van der Waals surface area contributed by atoms with E-state index in [4.69, 9.17) is 4.99 Å². The molecule has 27 heavy (non-hydrogen) atoms. The third-order valence-electron chi connectivity index (χ3n) is 5.90. The molecule has 6 nitrogen and oxygen atoms in total. The second-order valence-electron chi connectivity index (χ2n) is 7.75. The molecule has 1 aliphatic heterocycles. The maximum absolute atomic E-state index is 11.8. The molecule has 1 aliphatic carbocycles. The summed E-state index contributed by atoms with van der Waals surface area (Å²) in [6.07, 6.45) is 8.09. The predicted octanol–water partition coefficient (Wildman–Crippen LogP) is 2.72. The zero-order valence-corrected chi connectivity index (χ0v) is 17.3. The quantitative estimate of drug-likeness (QED) is 0.597. The minimum Gasteiger partial charge on any atom is -0.357 e. The standard InChI is InChI=1S/C20H32N4O2S/c1-3-22-19(24-14-13-20(16-24)11-5-4-6-12-20)23-15-17-7-9-18(10-8-17)27(25,26)21-2/h7-10,21H,3-6,11-16H2,1-2H3,(H,22,23). The van der Waals surface area contributed by atoms with Crippen molar-refractivity contribution in [3.05, 3.63) is 29.8 Å². The van der Waals surface area contributed by atoms with Gasteiger partial charge in [-0.05, 0) is 56.3 Å². The van der Waals surface area contributed by atoms with Crippen molar-refractivity contribution in [2.24, 2.45) is 10.4 Å². The van der Waals surface area contributed by atoms with Crippen LogP contribution in [0.3, 0.4) is 0 Å². The molecule has 1 saturated carbocycles. The van der Waals surface area contributed by atoms with E-state index in [0.29, 0.717) is 12.0 Å². The van der Waals surface area contributed by atoms with Crippen LogP contribution in [0.5, 0.6) is 0 Å². The van der Waals surface area contributed by atoms with Crippen LogP contribution in [0.4, 0.5) is 0 Å². The Morgan fingerprint density at radius 2 is 1.85 bits per heavy atom. The van der Waals surface area contributed by atoms with Crippen molar-refractivity contribution < 1.29 is 8.42 Å². The number of benzene rings is 1. The minimum absolute atomic E-state index is 0.281. The molecule has 0 bridgehead atoms. The Kier molecular flexibility index (Phi) is 6.42. The van der Waals surface area contributed by atoms with Gasteiger partial charge in [-0.2, -0.15) is 0 Å². The summed E-state index contributed by atoms with van der Waals surface area (Å²) in [5.41, 5.74) is 1.50. The largest absolute Gasteiger partial charge is 0.357 e. The maximum Gasteiger partial charge on any atom is 0.240 e. The highest BCUT2D eigenvalue weighted by atomic mass is 32.2. The Labute approximate surface area is 163 Å². The van der Waals surface area contributed by atoms with E-state index in [1.807, 2.05) is 12.1 Å². The van der Waals surface area contributed by atoms with Gasteiger partial charge in [0.05, 0.1) is 11.4 Å². The number of guanidine groups is 1. The van der Waals surface area contributed by atoms with E-state index >= 15 is 0 Å². The number of rotatable bonds is 5. The lowest BCUT2D eigenvalue weighted by molar-refractivity contribution is 0.203. The summed E-state index contributed by atoms with van der Waals surface area (Å²) in [7, 11) is -1.97. The number of nitrogens with one attached hydrogen (secondary N) is 2. The second kappa shape index (κ2) is 8.61. The van der Waals surface area contributed by atoms with E-state index < -0.39 is 10.0 Å². The fourth-order valence-corrected chi connectivity index (χ4v) is 5.04. The van der Waals surface area contributed by atoms with Crippen LogP contribution in [-0.2, 0) is 16.6 Å². The van der Waals surface area contributed by atoms with Gasteiger partial charge in [0.15, 0.2) is 5.96 Å². The lowest BCUT2D eigenvalue weighted by Gasteiger charge is -2.33. The van der Waals surface area contributed by atoms with Gasteiger partial charge in [0.25, 0.3) is 0 Å². The van der Waals surface area contributed by atoms with Gasteiger partial charge in [-0.25, -0.2) is 18.1 Å². The van der Waals surface area contributed by atoms with Crippen LogP contribution in [-0.4, -0.2) is 46.0 Å². The first-order chi connectivity index (χ1) is 13.0. The van der Waals surface area contributed by atoms with Gasteiger partial charge >= 0.3 is 0 Å². The molecule has 1 aromatic carbocycles. The van der Waals surface area contributed by atoms with E-state index in [2.05, 4.69) is 21.9 Å². The monoisotopic (exact) mass is 392 g/mol. The first-order valence-corrected chi connectivity index (χ1v) is 11.5. The first kappa shape index (κ1) is 20.1. The molecule has 0 radical (unpaired) electrons. The number of hydrogen-bond donors (Lipinski definition) is 2. The molecule has 7 heteroatoms. The van der Waals surface area contributed by atoms with Crippen molar-refractivity contribution in [2.45, 2.75) is 56.9 Å². The lowest BCUT2D eigenvalue weighted by Crippen LogP contribution is -2.41. The first-order valence-electron chi connectivity index (χ1n) is 10.0. The normalized spacial score (nSPS) is 20.2. The number of nitrogens with zero attached hydrogens (tertiary/aromatic N) is 2. The highest BCUT2D eigenvalue weighted by molar-refractivity contribution is 7.89. The van der Waals surface area contributed by atoms with Crippen molar-refractivity contribution in [1.29, 1.82) is 0 Å². The van der Waals surface area contributed by atoms with Crippen LogP contribution in [0.2, 0.25) is 0 Å². The number of likely N-dealkylation sites (tertiary alicyclic amines) is 1. The summed E-state index contributed by atoms with van der Waals surface area (Å²) in [5, 5.41) is 3.43. The van der Waals surface area contributed by atoms with E-state index in [0.717, 1.165) is 31.2 Å². The fraction of sp³-hybridized carbons (Fsp3) is 0.650. The summed E-state index contributed by atoms with van der Waals surface area (Å²) in [4.78, 5) is 7.51. The summed E-state index contributed by atoms with van der Waals surface area (Å²) in [5.74, 6) is 0.979. The zero-order valence-electron chi connectivity index (χ0n) is 16.5. The summed E-state index contributed by atoms with van der Waals surface area (Å²) in [6, 6.07) is 6.95. The Hall–Kier alpha value is -1.60. The molecule has 0 unspecified atom stereocenters. The van der Waals surface area contributed by atoms with Crippen LogP contribution in [0.15, 0.2) is 34.2 Å². The van der Waals surface area contributed by atoms with E-state index in [1.165, 1.54) is 45.6 Å². The van der Waals surface area contributed by atoms with Gasteiger partial charge in [0, 0.05) is 19.6 Å². The summed E-state index contributed by atoms with van der Waals surface area (Å²) >= 11 is 0. The Morgan fingerprint density at radius 3 is 2.48 bits per heavy atom. The Bertz CT molecular complexity index is 753. The molecule has 150 valence electrons. The van der Waals surface area contributed by atoms with Gasteiger partial charge in [0.1, 0.15) is 0 Å². The van der Waals surface area contributed by atoms with Crippen molar-refractivity contribution in [2.75, 3.05) is 26.7 Å². The lowest BCUT2D eigenvalue weighted by atomic mass is 9.73. The molecule has 1 saturated heterocycles. The van der Waals surface area contributed by atoms with Crippen LogP contribution in [0.25, 0.3) is 0 Å². The van der Waals surface area contributed by atoms with Crippen LogP contribution in [0.1, 0.15) is 51.0 Å². The van der Waals surface area contributed by atoms with Gasteiger partial charge in [-0.1, -0.05) is 31.4 Å². The molecule has 0 atom stereocenters. The summed E-state index contributed by atoms with van der Waals surface area (Å²) in [6.45, 7) is 5.68. The van der Waals surface area contributed by atoms with Crippen LogP contribution < -0.4 is 10.0 Å². The van der Waals surface area contributed by atoms with Crippen molar-refractivity contribution in [3.8, 4) is 0 Å². The SMILES string of the molecule is CCNC(=NCc1ccc(S(=O)(=O)NC)cc1)N1CCC2(CCCCC2)C1. The van der Waals surface area contributed by atoms with Gasteiger partial charge in [0.2, 0.25) is 10.0 Å². The van der Waals surface area contributed by atoms with Crippen LogP contribution in [0, 0.1) is 5.41 Å². The number of sulfonamides is 1. The molecule has 3 rings (SSSR count). The third kappa shape index (κ3) is 4.82. The van der Waals surface area contributed by atoms with Gasteiger partial charge in [-0.3, -0.25) is 0 Å². The third-order valence-corrected chi connectivity index (χ3v) is 7.33. The second-order valence-corrected chi connectivity index (χ2v) is 9.64. The number of hydrogen-bond acceptors (Lipinski definition) is 3. The average molecular weight is 393 g/mol. The highest BCUT2D eigenvalue weighted by Crippen LogP contribution is 2.43. The molecule has 2 aliphatic rings. The van der Waals surface area contributed by atoms with Gasteiger partial charge in [-0.15, -0.1) is 0 Å². The van der Waals surface area contributed by atoms with Crippen LogP contribution >= 0.6 is 0 Å². The van der Waals surface area contributed by atoms with Gasteiger partial charge < -0.3 is 10.2 Å². The summed E-state index contributed by atoms with van der Waals surface area (Å²) < 4.78 is 26.0. The van der Waals surface area contributed by atoms with Crippen molar-refractivity contribution in [3.63, 3.8) is 0 Å². The Balaban J connectivity index is 1.67. The molecule has 1 aromatic rings. The zero-order chi connectivity index (χ0) is 19.3. The molecule has 2 fully saturated rings. The number of aliphatic imine (C=N–C) groups is 1.